The Morgan fingerprint density at radius 3 is 2.19 bits per heavy atom. The monoisotopic (exact) mass is 377 g/mol. The van der Waals surface area contributed by atoms with Gasteiger partial charge in [0, 0.05) is 31.9 Å². The topological polar surface area (TPSA) is 78.9 Å². The van der Waals surface area contributed by atoms with E-state index in [9.17, 15) is 14.4 Å². The lowest BCUT2D eigenvalue weighted by molar-refractivity contribution is -0.120. The number of anilines is 1. The number of carbonyl (C=O) groups is 3. The van der Waals surface area contributed by atoms with E-state index in [0.29, 0.717) is 32.6 Å². The van der Waals surface area contributed by atoms with Crippen molar-refractivity contribution in [3.05, 3.63) is 30.3 Å². The van der Waals surface area contributed by atoms with Gasteiger partial charge < -0.3 is 19.9 Å². The molecule has 7 heteroatoms. The number of rotatable bonds is 11. The number of hydrogen-bond acceptors (Lipinski definition) is 4. The molecule has 0 aliphatic rings. The first-order valence-electron chi connectivity index (χ1n) is 9.50. The van der Waals surface area contributed by atoms with E-state index in [4.69, 9.17) is 4.74 Å². The highest BCUT2D eigenvalue weighted by Crippen LogP contribution is 2.08. The predicted octanol–water partition coefficient (Wildman–Crippen LogP) is 3.76. The average Bonchev–Trinajstić information content (AvgIpc) is 2.66. The van der Waals surface area contributed by atoms with E-state index in [1.165, 1.54) is 6.92 Å². The molecule has 0 aliphatic carbocycles. The summed E-state index contributed by atoms with van der Waals surface area (Å²) in [5.41, 5.74) is 0.748. The van der Waals surface area contributed by atoms with Gasteiger partial charge in [-0.15, -0.1) is 0 Å². The van der Waals surface area contributed by atoms with Gasteiger partial charge in [-0.25, -0.2) is 9.59 Å². The van der Waals surface area contributed by atoms with E-state index in [1.807, 2.05) is 44.2 Å². The van der Waals surface area contributed by atoms with Crippen LogP contribution >= 0.6 is 0 Å². The molecule has 0 aliphatic heterocycles. The number of unbranched alkanes of at least 4 members (excludes halogenated alkanes) is 1. The van der Waals surface area contributed by atoms with E-state index >= 15 is 0 Å². The molecule has 0 saturated heterocycles. The Morgan fingerprint density at radius 2 is 1.59 bits per heavy atom. The number of carbonyl (C=O) groups excluding carboxylic acids is 3. The summed E-state index contributed by atoms with van der Waals surface area (Å²) in [7, 11) is 0. The van der Waals surface area contributed by atoms with Crippen molar-refractivity contribution in [2.75, 3.05) is 38.1 Å². The third-order valence-corrected chi connectivity index (χ3v) is 3.99. The zero-order valence-electron chi connectivity index (χ0n) is 16.6. The van der Waals surface area contributed by atoms with Crippen molar-refractivity contribution >= 4 is 23.6 Å². The molecule has 150 valence electrons. The smallest absolute Gasteiger partial charge is 0.410 e. The molecule has 0 saturated carbocycles. The molecule has 7 nitrogen and oxygen atoms in total. The number of nitrogens with one attached hydrogen (secondary N) is 1. The minimum atomic E-state index is -0.476. The summed E-state index contributed by atoms with van der Waals surface area (Å²) in [5.74, 6) is -0.187. The van der Waals surface area contributed by atoms with Crippen LogP contribution < -0.4 is 5.32 Å². The summed E-state index contributed by atoms with van der Waals surface area (Å²) in [6.45, 7) is 7.30. The van der Waals surface area contributed by atoms with Crippen LogP contribution in [-0.4, -0.2) is 60.5 Å². The second kappa shape index (κ2) is 12.7. The summed E-state index contributed by atoms with van der Waals surface area (Å²) in [6.07, 6.45) is 1.98. The van der Waals surface area contributed by atoms with Crippen molar-refractivity contribution in [2.24, 2.45) is 0 Å². The molecule has 0 radical (unpaired) electrons. The van der Waals surface area contributed by atoms with Crippen LogP contribution in [-0.2, 0) is 9.53 Å². The summed E-state index contributed by atoms with van der Waals surface area (Å²) >= 11 is 0. The molecule has 1 N–H and O–H groups in total. The molecule has 0 fully saturated rings. The number of hydrogen-bond donors (Lipinski definition) is 1. The van der Waals surface area contributed by atoms with E-state index in [2.05, 4.69) is 5.32 Å². The van der Waals surface area contributed by atoms with Crippen LogP contribution in [0, 0.1) is 0 Å². The second-order valence-electron chi connectivity index (χ2n) is 6.33. The Labute approximate surface area is 161 Å². The van der Waals surface area contributed by atoms with Crippen LogP contribution in [0.15, 0.2) is 30.3 Å². The molecule has 1 aromatic rings. The number of nitrogens with zero attached hydrogens (tertiary/aromatic N) is 2. The second-order valence-corrected chi connectivity index (χ2v) is 6.33. The van der Waals surface area contributed by atoms with Gasteiger partial charge in [0.05, 0.1) is 0 Å². The fraction of sp³-hybridized carbons (Fsp3) is 0.550. The number of amides is 3. The van der Waals surface area contributed by atoms with Gasteiger partial charge in [0.1, 0.15) is 0 Å². The fourth-order valence-electron chi connectivity index (χ4n) is 2.48. The Hall–Kier alpha value is -2.57. The van der Waals surface area contributed by atoms with E-state index < -0.39 is 6.09 Å². The van der Waals surface area contributed by atoms with Crippen LogP contribution in [0.1, 0.15) is 40.0 Å². The average molecular weight is 377 g/mol. The normalized spacial score (nSPS) is 10.2. The molecule has 1 aromatic carbocycles. The number of urea groups is 1. The molecule has 1 rings (SSSR count). The lowest BCUT2D eigenvalue weighted by Crippen LogP contribution is -2.39. The quantitative estimate of drug-likeness (QED) is 0.637. The number of ether oxygens (including phenoxy) is 1. The summed E-state index contributed by atoms with van der Waals surface area (Å²) in [5, 5.41) is 2.87. The number of Topliss-reactive ketones (excluding diaryl/α,β-unsaturated/α-hetero) is 1. The lowest BCUT2D eigenvalue weighted by Gasteiger charge is -2.25. The van der Waals surface area contributed by atoms with Crippen LogP contribution in [0.4, 0.5) is 15.3 Å². The lowest BCUT2D eigenvalue weighted by atomic mass is 10.3. The highest BCUT2D eigenvalue weighted by Gasteiger charge is 2.17. The standard InChI is InChI=1S/C20H31N3O4/c1-4-6-13-23(20(26)27-16-17(3)24)15-10-14-22(5-2)19(25)21-18-11-8-7-9-12-18/h7-9,11-12H,4-6,10,13-16H2,1-3H3,(H,21,25). The maximum absolute atomic E-state index is 12.4. The van der Waals surface area contributed by atoms with Crippen molar-refractivity contribution in [1.82, 2.24) is 9.80 Å². The van der Waals surface area contributed by atoms with E-state index in [1.54, 1.807) is 9.80 Å². The molecule has 0 bridgehead atoms. The Balaban J connectivity index is 2.50. The first kappa shape index (κ1) is 22.5. The summed E-state index contributed by atoms with van der Waals surface area (Å²) in [4.78, 5) is 38.8. The molecule has 0 atom stereocenters. The molecular formula is C20H31N3O4. The highest BCUT2D eigenvalue weighted by molar-refractivity contribution is 5.89. The zero-order chi connectivity index (χ0) is 20.1. The summed E-state index contributed by atoms with van der Waals surface area (Å²) < 4.78 is 5.02. The molecular weight excluding hydrogens is 346 g/mol. The minimum absolute atomic E-state index is 0.164. The van der Waals surface area contributed by atoms with Crippen LogP contribution in [0.2, 0.25) is 0 Å². The number of ketones is 1. The maximum Gasteiger partial charge on any atom is 0.410 e. The highest BCUT2D eigenvalue weighted by atomic mass is 16.6. The predicted molar refractivity (Wildman–Crippen MR) is 106 cm³/mol. The number of para-hydroxylation sites is 1. The SMILES string of the molecule is CCCCN(CCCN(CC)C(=O)Nc1ccccc1)C(=O)OCC(C)=O. The first-order valence-corrected chi connectivity index (χ1v) is 9.50. The molecule has 0 aromatic heterocycles. The largest absolute Gasteiger partial charge is 0.441 e. The van der Waals surface area contributed by atoms with Crippen molar-refractivity contribution < 1.29 is 19.1 Å². The van der Waals surface area contributed by atoms with Gasteiger partial charge in [-0.2, -0.15) is 0 Å². The van der Waals surface area contributed by atoms with Crippen molar-refractivity contribution in [1.29, 1.82) is 0 Å². The Morgan fingerprint density at radius 1 is 0.963 bits per heavy atom. The first-order chi connectivity index (χ1) is 13.0. The van der Waals surface area contributed by atoms with Crippen molar-refractivity contribution in [3.8, 4) is 0 Å². The minimum Gasteiger partial charge on any atom is -0.441 e. The van der Waals surface area contributed by atoms with Crippen LogP contribution in [0.25, 0.3) is 0 Å². The molecule has 0 unspecified atom stereocenters. The number of benzene rings is 1. The van der Waals surface area contributed by atoms with Gasteiger partial charge in [-0.05, 0) is 38.8 Å². The molecule has 0 heterocycles. The Bertz CT molecular complexity index is 592. The maximum atomic E-state index is 12.4. The van der Waals surface area contributed by atoms with Crippen LogP contribution in [0.3, 0.4) is 0 Å². The van der Waals surface area contributed by atoms with Gasteiger partial charge >= 0.3 is 12.1 Å². The van der Waals surface area contributed by atoms with Gasteiger partial charge in [-0.1, -0.05) is 31.5 Å². The van der Waals surface area contributed by atoms with Gasteiger partial charge in [0.2, 0.25) is 0 Å². The molecule has 0 spiro atoms. The molecule has 27 heavy (non-hydrogen) atoms. The summed E-state index contributed by atoms with van der Waals surface area (Å²) in [6, 6.07) is 9.13. The van der Waals surface area contributed by atoms with Crippen molar-refractivity contribution in [3.63, 3.8) is 0 Å². The van der Waals surface area contributed by atoms with E-state index in [0.717, 1.165) is 18.5 Å². The fourth-order valence-corrected chi connectivity index (χ4v) is 2.48. The molecule has 3 amide bonds. The van der Waals surface area contributed by atoms with Crippen LogP contribution in [0.5, 0.6) is 0 Å². The Kier molecular flexibility index (Phi) is 10.6. The van der Waals surface area contributed by atoms with Gasteiger partial charge in [-0.3, -0.25) is 4.79 Å². The van der Waals surface area contributed by atoms with Gasteiger partial charge in [0.15, 0.2) is 12.4 Å². The third-order valence-electron chi connectivity index (χ3n) is 3.99. The third kappa shape index (κ3) is 9.08. The van der Waals surface area contributed by atoms with Gasteiger partial charge in [0.25, 0.3) is 0 Å². The van der Waals surface area contributed by atoms with E-state index in [-0.39, 0.29) is 18.4 Å². The zero-order valence-corrected chi connectivity index (χ0v) is 16.6. The van der Waals surface area contributed by atoms with Crippen molar-refractivity contribution in [2.45, 2.75) is 40.0 Å².